The lowest BCUT2D eigenvalue weighted by Crippen LogP contribution is -2.57. The van der Waals surface area contributed by atoms with Gasteiger partial charge in [0.25, 0.3) is 0 Å². The number of carbonyl (C=O) groups excluding carboxylic acids is 3. The summed E-state index contributed by atoms with van der Waals surface area (Å²) in [6, 6.07) is -0.498. The third-order valence-corrected chi connectivity index (χ3v) is 3.81. The fraction of sp³-hybridized carbons (Fsp3) is 0.812. The van der Waals surface area contributed by atoms with Gasteiger partial charge < -0.3 is 15.1 Å². The van der Waals surface area contributed by atoms with Crippen LogP contribution >= 0.6 is 0 Å². The van der Waals surface area contributed by atoms with E-state index in [4.69, 9.17) is 0 Å². The Balaban J connectivity index is 2.65. The smallest absolute Gasteiger partial charge is 0.245 e. The van der Waals surface area contributed by atoms with Crippen molar-refractivity contribution in [2.24, 2.45) is 11.3 Å². The van der Waals surface area contributed by atoms with Crippen molar-refractivity contribution in [2.75, 3.05) is 26.2 Å². The van der Waals surface area contributed by atoms with Crippen molar-refractivity contribution in [3.63, 3.8) is 0 Å². The highest BCUT2D eigenvalue weighted by atomic mass is 16.2. The molecule has 0 bridgehead atoms. The normalized spacial score (nSPS) is 17.4. The molecule has 6 heteroatoms. The summed E-state index contributed by atoms with van der Waals surface area (Å²) in [5.74, 6) is -0.117. The van der Waals surface area contributed by atoms with Crippen molar-refractivity contribution in [3.8, 4) is 0 Å². The average Bonchev–Trinajstić information content (AvgIpc) is 2.42. The summed E-state index contributed by atoms with van der Waals surface area (Å²) in [5.41, 5.74) is -0.400. The predicted octanol–water partition coefficient (Wildman–Crippen LogP) is 0.864. The fourth-order valence-corrected chi connectivity index (χ4v) is 2.53. The summed E-state index contributed by atoms with van der Waals surface area (Å²) >= 11 is 0. The molecule has 3 amide bonds. The summed E-state index contributed by atoms with van der Waals surface area (Å²) in [4.78, 5) is 39.6. The third-order valence-electron chi connectivity index (χ3n) is 3.81. The molecule has 0 saturated carbocycles. The Bertz CT molecular complexity index is 432. The first-order valence-corrected chi connectivity index (χ1v) is 7.89. The molecule has 22 heavy (non-hydrogen) atoms. The van der Waals surface area contributed by atoms with E-state index < -0.39 is 11.5 Å². The Morgan fingerprint density at radius 2 is 1.41 bits per heavy atom. The van der Waals surface area contributed by atoms with Crippen LogP contribution in [0, 0.1) is 11.3 Å². The molecular weight excluding hydrogens is 282 g/mol. The third kappa shape index (κ3) is 4.71. The minimum Gasteiger partial charge on any atom is -0.344 e. The predicted molar refractivity (Wildman–Crippen MR) is 85.1 cm³/mol. The van der Waals surface area contributed by atoms with Gasteiger partial charge in [-0.15, -0.1) is 0 Å². The van der Waals surface area contributed by atoms with Crippen LogP contribution in [0.4, 0.5) is 0 Å². The second-order valence-electron chi connectivity index (χ2n) is 7.29. The molecule has 0 radical (unpaired) electrons. The van der Waals surface area contributed by atoms with Crippen molar-refractivity contribution < 1.29 is 14.4 Å². The van der Waals surface area contributed by atoms with Crippen LogP contribution in [0.2, 0.25) is 0 Å². The molecule has 1 saturated heterocycles. The molecular formula is C16H29N3O3. The van der Waals surface area contributed by atoms with Gasteiger partial charge in [-0.1, -0.05) is 34.6 Å². The molecule has 1 rings (SSSR count). The van der Waals surface area contributed by atoms with Crippen LogP contribution in [0.1, 0.15) is 41.5 Å². The van der Waals surface area contributed by atoms with Gasteiger partial charge in [0, 0.05) is 38.5 Å². The molecule has 1 aliphatic heterocycles. The van der Waals surface area contributed by atoms with Gasteiger partial charge in [0.15, 0.2) is 0 Å². The first kappa shape index (κ1) is 18.5. The number of nitrogens with zero attached hydrogens (tertiary/aromatic N) is 2. The van der Waals surface area contributed by atoms with Crippen LogP contribution in [-0.4, -0.2) is 59.7 Å². The molecule has 0 spiro atoms. The maximum Gasteiger partial charge on any atom is 0.245 e. The Labute approximate surface area is 133 Å². The van der Waals surface area contributed by atoms with E-state index in [-0.39, 0.29) is 23.6 Å². The van der Waals surface area contributed by atoms with Crippen molar-refractivity contribution in [2.45, 2.75) is 47.6 Å². The van der Waals surface area contributed by atoms with E-state index >= 15 is 0 Å². The molecule has 1 aliphatic rings. The SMILES string of the molecule is CC(=O)NC(C(=O)N1CCN(C(=O)C(C)(C)C)CC1)C(C)C. The summed E-state index contributed by atoms with van der Waals surface area (Å²) in [6.45, 7) is 13.1. The molecule has 1 fully saturated rings. The summed E-state index contributed by atoms with van der Waals surface area (Å²) in [5, 5.41) is 2.72. The van der Waals surface area contributed by atoms with Crippen LogP contribution in [0.25, 0.3) is 0 Å². The number of hydrogen-bond donors (Lipinski definition) is 1. The largest absolute Gasteiger partial charge is 0.344 e. The standard InChI is InChI=1S/C16H29N3O3/c1-11(2)13(17-12(3)20)14(21)18-7-9-19(10-8-18)15(22)16(4,5)6/h11,13H,7-10H2,1-6H3,(H,17,20). The van der Waals surface area contributed by atoms with Gasteiger partial charge in [0.05, 0.1) is 0 Å². The van der Waals surface area contributed by atoms with Crippen LogP contribution in [0.15, 0.2) is 0 Å². The zero-order valence-electron chi connectivity index (χ0n) is 14.6. The van der Waals surface area contributed by atoms with Gasteiger partial charge in [0.2, 0.25) is 17.7 Å². The highest BCUT2D eigenvalue weighted by molar-refractivity contribution is 5.87. The molecule has 126 valence electrons. The Hall–Kier alpha value is -1.59. The van der Waals surface area contributed by atoms with E-state index in [1.165, 1.54) is 6.92 Å². The summed E-state index contributed by atoms with van der Waals surface area (Å²) < 4.78 is 0. The number of rotatable bonds is 3. The lowest BCUT2D eigenvalue weighted by atomic mass is 9.94. The van der Waals surface area contributed by atoms with Gasteiger partial charge >= 0.3 is 0 Å². The van der Waals surface area contributed by atoms with Crippen LogP contribution in [0.3, 0.4) is 0 Å². The zero-order chi connectivity index (χ0) is 17.1. The Kier molecular flexibility index (Phi) is 5.97. The quantitative estimate of drug-likeness (QED) is 0.840. The first-order chi connectivity index (χ1) is 10.0. The van der Waals surface area contributed by atoms with Gasteiger partial charge in [-0.05, 0) is 5.92 Å². The van der Waals surface area contributed by atoms with E-state index in [9.17, 15) is 14.4 Å². The Morgan fingerprint density at radius 1 is 0.955 bits per heavy atom. The number of amides is 3. The summed E-state index contributed by atoms with van der Waals surface area (Å²) in [7, 11) is 0. The lowest BCUT2D eigenvalue weighted by Gasteiger charge is -2.39. The van der Waals surface area contributed by atoms with E-state index in [0.29, 0.717) is 26.2 Å². The highest BCUT2D eigenvalue weighted by Gasteiger charge is 2.33. The first-order valence-electron chi connectivity index (χ1n) is 7.89. The van der Waals surface area contributed by atoms with Crippen molar-refractivity contribution in [1.29, 1.82) is 0 Å². The average molecular weight is 311 g/mol. The monoisotopic (exact) mass is 311 g/mol. The second kappa shape index (κ2) is 7.11. The zero-order valence-corrected chi connectivity index (χ0v) is 14.6. The van der Waals surface area contributed by atoms with Gasteiger partial charge in [-0.2, -0.15) is 0 Å². The number of piperazine rings is 1. The molecule has 1 atom stereocenters. The van der Waals surface area contributed by atoms with Crippen molar-refractivity contribution >= 4 is 17.7 Å². The van der Waals surface area contributed by atoms with Crippen molar-refractivity contribution in [1.82, 2.24) is 15.1 Å². The molecule has 1 N–H and O–H groups in total. The van der Waals surface area contributed by atoms with E-state index in [1.54, 1.807) is 4.90 Å². The second-order valence-corrected chi connectivity index (χ2v) is 7.29. The molecule has 1 heterocycles. The molecule has 6 nitrogen and oxygen atoms in total. The molecule has 0 aromatic rings. The molecule has 0 aliphatic carbocycles. The molecule has 1 unspecified atom stereocenters. The maximum atomic E-state index is 12.6. The van der Waals surface area contributed by atoms with E-state index in [2.05, 4.69) is 5.32 Å². The fourth-order valence-electron chi connectivity index (χ4n) is 2.53. The van der Waals surface area contributed by atoms with Crippen LogP contribution < -0.4 is 5.32 Å². The van der Waals surface area contributed by atoms with Crippen LogP contribution in [0.5, 0.6) is 0 Å². The van der Waals surface area contributed by atoms with Gasteiger partial charge in [-0.3, -0.25) is 14.4 Å². The van der Waals surface area contributed by atoms with Crippen LogP contribution in [-0.2, 0) is 14.4 Å². The minimum absolute atomic E-state index is 0.0330. The number of carbonyl (C=O) groups is 3. The van der Waals surface area contributed by atoms with E-state index in [0.717, 1.165) is 0 Å². The van der Waals surface area contributed by atoms with Gasteiger partial charge in [-0.25, -0.2) is 0 Å². The minimum atomic E-state index is -0.498. The molecule has 0 aromatic heterocycles. The maximum absolute atomic E-state index is 12.6. The number of hydrogen-bond acceptors (Lipinski definition) is 3. The highest BCUT2D eigenvalue weighted by Crippen LogP contribution is 2.19. The summed E-state index contributed by atoms with van der Waals surface area (Å²) in [6.07, 6.45) is 0. The van der Waals surface area contributed by atoms with Crippen molar-refractivity contribution in [3.05, 3.63) is 0 Å². The molecule has 0 aromatic carbocycles. The van der Waals surface area contributed by atoms with Gasteiger partial charge in [0.1, 0.15) is 6.04 Å². The number of nitrogens with one attached hydrogen (secondary N) is 1. The van der Waals surface area contributed by atoms with E-state index in [1.807, 2.05) is 39.5 Å². The Morgan fingerprint density at radius 3 is 1.77 bits per heavy atom. The topological polar surface area (TPSA) is 69.7 Å². The lowest BCUT2D eigenvalue weighted by molar-refractivity contribution is -0.146.